The van der Waals surface area contributed by atoms with Gasteiger partial charge in [0.2, 0.25) is 0 Å². The highest BCUT2D eigenvalue weighted by Gasteiger charge is 2.33. The van der Waals surface area contributed by atoms with Crippen LogP contribution in [0.3, 0.4) is 0 Å². The number of amidine groups is 1. The minimum Gasteiger partial charge on any atom is -0.497 e. The number of ether oxygens (including phenoxy) is 2. The largest absolute Gasteiger partial charge is 0.573 e. The van der Waals surface area contributed by atoms with Crippen LogP contribution in [0.25, 0.3) is 17.1 Å². The summed E-state index contributed by atoms with van der Waals surface area (Å²) in [4.78, 5) is 23.2. The lowest BCUT2D eigenvalue weighted by atomic mass is 10.00. The first-order valence-corrected chi connectivity index (χ1v) is 15.0. The zero-order valence-corrected chi connectivity index (χ0v) is 25.6. The van der Waals surface area contributed by atoms with Crippen molar-refractivity contribution in [3.63, 3.8) is 0 Å². The number of aliphatic hydroxyl groups excluding tert-OH is 1. The highest BCUT2D eigenvalue weighted by Crippen LogP contribution is 2.37. The molecule has 0 saturated carbocycles. The van der Waals surface area contributed by atoms with Crippen LogP contribution in [0.2, 0.25) is 0 Å². The number of aliphatic imine (C=N–C) groups is 1. The van der Waals surface area contributed by atoms with Crippen LogP contribution >= 0.6 is 11.8 Å². The second-order valence-corrected chi connectivity index (χ2v) is 11.5. The molecule has 2 N–H and O–H groups in total. The number of hydrogen-bond acceptors (Lipinski definition) is 7. The highest BCUT2D eigenvalue weighted by atomic mass is 32.2. The van der Waals surface area contributed by atoms with Gasteiger partial charge in [0.15, 0.2) is 11.0 Å². The van der Waals surface area contributed by atoms with Crippen molar-refractivity contribution in [2.75, 3.05) is 17.8 Å². The van der Waals surface area contributed by atoms with Gasteiger partial charge in [-0.3, -0.25) is 4.90 Å². The number of urea groups is 1. The minimum absolute atomic E-state index is 0.142. The van der Waals surface area contributed by atoms with Gasteiger partial charge >= 0.3 is 12.4 Å². The number of aromatic nitrogens is 3. The fraction of sp³-hybridized carbons (Fsp3) is 0.290. The summed E-state index contributed by atoms with van der Waals surface area (Å²) in [6.45, 7) is 5.93. The van der Waals surface area contributed by atoms with E-state index in [-0.39, 0.29) is 17.7 Å². The molecule has 45 heavy (non-hydrogen) atoms. The Morgan fingerprint density at radius 2 is 1.76 bits per heavy atom. The van der Waals surface area contributed by atoms with Crippen LogP contribution in [-0.4, -0.2) is 56.5 Å². The van der Waals surface area contributed by atoms with E-state index in [1.807, 2.05) is 63.2 Å². The second kappa shape index (κ2) is 13.2. The molecule has 0 radical (unpaired) electrons. The van der Waals surface area contributed by atoms with E-state index < -0.39 is 18.6 Å². The number of hydrogen-bond donors (Lipinski definition) is 2. The van der Waals surface area contributed by atoms with Crippen LogP contribution in [0.1, 0.15) is 43.9 Å². The monoisotopic (exact) mass is 640 g/mol. The van der Waals surface area contributed by atoms with Crippen LogP contribution < -0.4 is 19.7 Å². The molecule has 2 unspecified atom stereocenters. The number of amides is 2. The van der Waals surface area contributed by atoms with Crippen molar-refractivity contribution in [2.45, 2.75) is 45.3 Å². The maximum absolute atomic E-state index is 13.0. The lowest BCUT2D eigenvalue weighted by molar-refractivity contribution is -0.274. The summed E-state index contributed by atoms with van der Waals surface area (Å²) in [6.07, 6.45) is -4.14. The van der Waals surface area contributed by atoms with Crippen LogP contribution in [0.4, 0.5) is 23.7 Å². The van der Waals surface area contributed by atoms with E-state index in [4.69, 9.17) is 4.74 Å². The molecular weight excluding hydrogens is 609 g/mol. The molecule has 1 fully saturated rings. The third-order valence-electron chi connectivity index (χ3n) is 7.01. The van der Waals surface area contributed by atoms with Crippen molar-refractivity contribution in [3.8, 4) is 28.6 Å². The van der Waals surface area contributed by atoms with Gasteiger partial charge in [-0.15, -0.1) is 18.3 Å². The van der Waals surface area contributed by atoms with Gasteiger partial charge in [0.1, 0.15) is 24.1 Å². The average molecular weight is 641 g/mol. The predicted molar refractivity (Wildman–Crippen MR) is 166 cm³/mol. The molecule has 10 nitrogen and oxygen atoms in total. The summed E-state index contributed by atoms with van der Waals surface area (Å²) in [7, 11) is 1.60. The number of carbonyl (C=O) groups is 1. The van der Waals surface area contributed by atoms with Gasteiger partial charge in [0.25, 0.3) is 0 Å². The molecule has 2 atom stereocenters. The Morgan fingerprint density at radius 3 is 2.40 bits per heavy atom. The molecule has 5 rings (SSSR count). The molecule has 2 amide bonds. The van der Waals surface area contributed by atoms with Crippen molar-refractivity contribution in [1.29, 1.82) is 0 Å². The fourth-order valence-corrected chi connectivity index (χ4v) is 5.69. The first-order chi connectivity index (χ1) is 21.4. The molecule has 0 bridgehead atoms. The lowest BCUT2D eigenvalue weighted by Gasteiger charge is -2.26. The number of carbonyl (C=O) groups excluding carboxylic acids is 1. The lowest BCUT2D eigenvalue weighted by Crippen LogP contribution is -2.36. The Kier molecular flexibility index (Phi) is 9.34. The number of methoxy groups -OCH3 is 1. The quantitative estimate of drug-likeness (QED) is 0.220. The number of rotatable bonds is 8. The summed E-state index contributed by atoms with van der Waals surface area (Å²) >= 11 is 1.30. The SMILES string of the molecule is COc1ccc(N2C(=NC(=O)NC(C)c3ccc(-c4ncn(-c5ccc(OC(F)(F)F)cc5)n4)cc3)SCC2O)c(C(C)C)c1. The van der Waals surface area contributed by atoms with Crippen LogP contribution in [0, 0.1) is 0 Å². The molecule has 4 aromatic rings. The van der Waals surface area contributed by atoms with Gasteiger partial charge in [0, 0.05) is 17.0 Å². The summed E-state index contributed by atoms with van der Waals surface area (Å²) in [5.41, 5.74) is 3.77. The smallest absolute Gasteiger partial charge is 0.497 e. The zero-order valence-electron chi connectivity index (χ0n) is 24.8. The number of benzene rings is 3. The summed E-state index contributed by atoms with van der Waals surface area (Å²) in [5, 5.41) is 18.5. The molecule has 1 aromatic heterocycles. The van der Waals surface area contributed by atoms with Crippen molar-refractivity contribution < 1.29 is 32.5 Å². The fourth-order valence-electron chi connectivity index (χ4n) is 4.74. The molecule has 236 valence electrons. The van der Waals surface area contributed by atoms with E-state index in [0.29, 0.717) is 33.7 Å². The standard InChI is InChI=1S/C31H31F3N6O4S/c1-18(2)25-15-24(43-4)13-14-26(25)40-27(41)16-45-30(40)37-29(42)36-19(3)20-5-7-21(8-6-20)28-35-17-39(38-28)22-9-11-23(12-10-22)44-31(32,33)34/h5-15,17-19,27,41H,16H2,1-4H3,(H,36,42). The number of nitrogens with one attached hydrogen (secondary N) is 1. The Bertz CT molecular complexity index is 1680. The highest BCUT2D eigenvalue weighted by molar-refractivity contribution is 8.14. The normalized spacial score (nSPS) is 16.7. The molecule has 1 aliphatic rings. The van der Waals surface area contributed by atoms with E-state index in [1.165, 1.54) is 47.0 Å². The van der Waals surface area contributed by atoms with Gasteiger partial charge in [-0.2, -0.15) is 4.99 Å². The Balaban J connectivity index is 1.25. The number of halogens is 3. The van der Waals surface area contributed by atoms with Crippen molar-refractivity contribution in [2.24, 2.45) is 4.99 Å². The number of thioether (sulfide) groups is 1. The van der Waals surface area contributed by atoms with Gasteiger partial charge in [-0.25, -0.2) is 14.5 Å². The molecule has 1 aliphatic heterocycles. The minimum atomic E-state index is -4.77. The van der Waals surface area contributed by atoms with Crippen LogP contribution in [0.5, 0.6) is 11.5 Å². The molecular formula is C31H31F3N6O4S. The maximum Gasteiger partial charge on any atom is 0.573 e. The number of alkyl halides is 3. The van der Waals surface area contributed by atoms with Crippen molar-refractivity contribution in [3.05, 3.63) is 84.2 Å². The molecule has 1 saturated heterocycles. The first kappa shape index (κ1) is 31.9. The summed E-state index contributed by atoms with van der Waals surface area (Å²) < 4.78 is 48.0. The van der Waals surface area contributed by atoms with Crippen LogP contribution in [0.15, 0.2) is 78.0 Å². The predicted octanol–water partition coefficient (Wildman–Crippen LogP) is 6.66. The number of aliphatic hydroxyl groups is 1. The van der Waals surface area contributed by atoms with Crippen molar-refractivity contribution >= 4 is 28.6 Å². The summed E-state index contributed by atoms with van der Waals surface area (Å²) in [6, 6.07) is 17.3. The number of nitrogens with zero attached hydrogens (tertiary/aromatic N) is 5. The Morgan fingerprint density at radius 1 is 1.07 bits per heavy atom. The van der Waals surface area contributed by atoms with Crippen LogP contribution in [-0.2, 0) is 0 Å². The molecule has 0 spiro atoms. The Hall–Kier alpha value is -4.56. The average Bonchev–Trinajstić information content (AvgIpc) is 3.63. The molecule has 2 heterocycles. The van der Waals surface area contributed by atoms with E-state index in [9.17, 15) is 23.1 Å². The Labute approximate surface area is 261 Å². The van der Waals surface area contributed by atoms with Gasteiger partial charge < -0.3 is 19.9 Å². The molecule has 0 aliphatic carbocycles. The van der Waals surface area contributed by atoms with E-state index in [0.717, 1.165) is 16.8 Å². The van der Waals surface area contributed by atoms with Gasteiger partial charge in [-0.05, 0) is 66.4 Å². The second-order valence-electron chi connectivity index (χ2n) is 10.5. The van der Waals surface area contributed by atoms with Gasteiger partial charge in [0.05, 0.1) is 18.8 Å². The summed E-state index contributed by atoms with van der Waals surface area (Å²) in [5.74, 6) is 1.30. The zero-order chi connectivity index (χ0) is 32.3. The molecule has 14 heteroatoms. The topological polar surface area (TPSA) is 114 Å². The van der Waals surface area contributed by atoms with E-state index in [2.05, 4.69) is 25.1 Å². The maximum atomic E-state index is 13.0. The molecule has 3 aromatic carbocycles. The third kappa shape index (κ3) is 7.57. The van der Waals surface area contributed by atoms with E-state index in [1.54, 1.807) is 12.0 Å². The first-order valence-electron chi connectivity index (χ1n) is 14.0. The van der Waals surface area contributed by atoms with E-state index >= 15 is 0 Å². The van der Waals surface area contributed by atoms with Crippen molar-refractivity contribution in [1.82, 2.24) is 20.1 Å². The van der Waals surface area contributed by atoms with Gasteiger partial charge in [-0.1, -0.05) is 49.9 Å². The number of anilines is 1. The third-order valence-corrected chi connectivity index (χ3v) is 8.03.